The molecule has 4 heteroatoms. The first-order chi connectivity index (χ1) is 9.65. The second kappa shape index (κ2) is 4.89. The fourth-order valence-electron chi connectivity index (χ4n) is 2.33. The van der Waals surface area contributed by atoms with Gasteiger partial charge in [0.25, 0.3) is 5.91 Å². The minimum absolute atomic E-state index is 0.0273. The molecule has 1 unspecified atom stereocenters. The van der Waals surface area contributed by atoms with Gasteiger partial charge in [0.05, 0.1) is 12.2 Å². The molecule has 0 spiro atoms. The number of ether oxygens (including phenoxy) is 1. The number of anilines is 2. The summed E-state index contributed by atoms with van der Waals surface area (Å²) in [6.45, 7) is 2.29. The fourth-order valence-corrected chi connectivity index (χ4v) is 2.33. The molecule has 3 rings (SSSR count). The van der Waals surface area contributed by atoms with E-state index in [9.17, 15) is 4.79 Å². The maximum absolute atomic E-state index is 12.3. The van der Waals surface area contributed by atoms with Gasteiger partial charge in [-0.05, 0) is 36.8 Å². The van der Waals surface area contributed by atoms with E-state index in [2.05, 4.69) is 0 Å². The summed E-state index contributed by atoms with van der Waals surface area (Å²) in [4.78, 5) is 14.1. The van der Waals surface area contributed by atoms with E-state index in [4.69, 9.17) is 10.5 Å². The number of amides is 1. The molecule has 4 nitrogen and oxygen atoms in total. The smallest absolute Gasteiger partial charge is 0.268 e. The summed E-state index contributed by atoms with van der Waals surface area (Å²) in [5.41, 5.74) is 8.25. The van der Waals surface area contributed by atoms with Gasteiger partial charge in [-0.2, -0.15) is 0 Å². The van der Waals surface area contributed by atoms with Gasteiger partial charge in [0.15, 0.2) is 6.10 Å². The third-order valence-electron chi connectivity index (χ3n) is 3.39. The van der Waals surface area contributed by atoms with E-state index in [1.54, 1.807) is 11.8 Å². The number of hydrogen-bond acceptors (Lipinski definition) is 3. The minimum atomic E-state index is -0.460. The Bertz CT molecular complexity index is 637. The lowest BCUT2D eigenvalue weighted by Crippen LogP contribution is -2.43. The molecule has 0 aromatic heterocycles. The summed E-state index contributed by atoms with van der Waals surface area (Å²) in [6, 6.07) is 15.1. The number of nitrogens with zero attached hydrogens (tertiary/aromatic N) is 1. The molecule has 2 aromatic carbocycles. The number of fused-ring (bicyclic) bond motifs is 1. The van der Waals surface area contributed by atoms with Crippen LogP contribution in [0.1, 0.15) is 12.5 Å². The Hall–Kier alpha value is -2.49. The lowest BCUT2D eigenvalue weighted by Gasteiger charge is -2.33. The standard InChI is InChI=1S/C16H16N2O2/c1-11-16(19)18(10-12-6-8-13(17)9-7-12)14-4-2-3-5-15(14)20-11/h2-9,11H,10,17H2,1H3. The number of para-hydroxylation sites is 2. The van der Waals surface area contributed by atoms with Crippen molar-refractivity contribution in [2.45, 2.75) is 19.6 Å². The Kier molecular flexibility index (Phi) is 3.06. The molecule has 2 aromatic rings. The van der Waals surface area contributed by atoms with E-state index in [0.29, 0.717) is 6.54 Å². The lowest BCUT2D eigenvalue weighted by atomic mass is 10.1. The van der Waals surface area contributed by atoms with Gasteiger partial charge < -0.3 is 15.4 Å². The van der Waals surface area contributed by atoms with Crippen LogP contribution in [0.25, 0.3) is 0 Å². The van der Waals surface area contributed by atoms with Crippen LogP contribution in [-0.2, 0) is 11.3 Å². The average Bonchev–Trinajstić information content (AvgIpc) is 2.46. The summed E-state index contributed by atoms with van der Waals surface area (Å²) in [5, 5.41) is 0. The van der Waals surface area contributed by atoms with Crippen LogP contribution in [0.4, 0.5) is 11.4 Å². The van der Waals surface area contributed by atoms with Gasteiger partial charge in [0, 0.05) is 5.69 Å². The van der Waals surface area contributed by atoms with Crippen molar-refractivity contribution in [3.8, 4) is 5.75 Å². The van der Waals surface area contributed by atoms with Crippen molar-refractivity contribution in [3.05, 3.63) is 54.1 Å². The first-order valence-corrected chi connectivity index (χ1v) is 6.56. The maximum Gasteiger partial charge on any atom is 0.268 e. The van der Waals surface area contributed by atoms with Crippen LogP contribution in [0.5, 0.6) is 5.75 Å². The zero-order chi connectivity index (χ0) is 14.1. The molecule has 0 saturated carbocycles. The van der Waals surface area contributed by atoms with Crippen molar-refractivity contribution in [3.63, 3.8) is 0 Å². The van der Waals surface area contributed by atoms with Gasteiger partial charge in [-0.15, -0.1) is 0 Å². The Morgan fingerprint density at radius 2 is 1.85 bits per heavy atom. The van der Waals surface area contributed by atoms with Gasteiger partial charge in [-0.1, -0.05) is 24.3 Å². The monoisotopic (exact) mass is 268 g/mol. The number of nitrogens with two attached hydrogens (primary N) is 1. The lowest BCUT2D eigenvalue weighted by molar-refractivity contribution is -0.125. The normalized spacial score (nSPS) is 17.6. The molecule has 0 fully saturated rings. The molecule has 0 aliphatic carbocycles. The topological polar surface area (TPSA) is 55.6 Å². The van der Waals surface area contributed by atoms with Gasteiger partial charge in [0.2, 0.25) is 0 Å². The number of carbonyl (C=O) groups is 1. The quantitative estimate of drug-likeness (QED) is 0.852. The molecule has 0 radical (unpaired) electrons. The van der Waals surface area contributed by atoms with Crippen molar-refractivity contribution in [2.75, 3.05) is 10.6 Å². The molecule has 0 saturated heterocycles. The molecule has 1 aliphatic heterocycles. The highest BCUT2D eigenvalue weighted by Crippen LogP contribution is 2.34. The molecule has 1 amide bonds. The van der Waals surface area contributed by atoms with Crippen LogP contribution in [0.15, 0.2) is 48.5 Å². The molecule has 1 aliphatic rings. The molecule has 2 N–H and O–H groups in total. The first kappa shape index (κ1) is 12.5. The SMILES string of the molecule is CC1Oc2ccccc2N(Cc2ccc(N)cc2)C1=O. The third kappa shape index (κ3) is 2.20. The van der Waals surface area contributed by atoms with Crippen LogP contribution in [0.2, 0.25) is 0 Å². The third-order valence-corrected chi connectivity index (χ3v) is 3.39. The van der Waals surface area contributed by atoms with E-state index in [1.165, 1.54) is 0 Å². The van der Waals surface area contributed by atoms with Crippen molar-refractivity contribution in [1.29, 1.82) is 0 Å². The summed E-state index contributed by atoms with van der Waals surface area (Å²) in [5.74, 6) is 0.718. The number of benzene rings is 2. The van der Waals surface area contributed by atoms with Crippen LogP contribution < -0.4 is 15.4 Å². The van der Waals surface area contributed by atoms with Gasteiger partial charge in [0.1, 0.15) is 5.75 Å². The average molecular weight is 268 g/mol. The Morgan fingerprint density at radius 1 is 1.15 bits per heavy atom. The zero-order valence-corrected chi connectivity index (χ0v) is 11.2. The first-order valence-electron chi connectivity index (χ1n) is 6.56. The second-order valence-electron chi connectivity index (χ2n) is 4.89. The maximum atomic E-state index is 12.3. The van der Waals surface area contributed by atoms with Crippen LogP contribution in [0, 0.1) is 0 Å². The molecular weight excluding hydrogens is 252 g/mol. The largest absolute Gasteiger partial charge is 0.479 e. The van der Waals surface area contributed by atoms with E-state index in [1.807, 2.05) is 48.5 Å². The summed E-state index contributed by atoms with van der Waals surface area (Å²) in [6.07, 6.45) is -0.460. The molecule has 1 atom stereocenters. The highest BCUT2D eigenvalue weighted by Gasteiger charge is 2.31. The molecule has 0 bridgehead atoms. The van der Waals surface area contributed by atoms with Gasteiger partial charge >= 0.3 is 0 Å². The van der Waals surface area contributed by atoms with Crippen LogP contribution in [-0.4, -0.2) is 12.0 Å². The van der Waals surface area contributed by atoms with Crippen molar-refractivity contribution >= 4 is 17.3 Å². The Labute approximate surface area is 117 Å². The van der Waals surface area contributed by atoms with Crippen LogP contribution >= 0.6 is 0 Å². The highest BCUT2D eigenvalue weighted by atomic mass is 16.5. The van der Waals surface area contributed by atoms with E-state index >= 15 is 0 Å². The molecular formula is C16H16N2O2. The fraction of sp³-hybridized carbons (Fsp3) is 0.188. The van der Waals surface area contributed by atoms with E-state index in [0.717, 1.165) is 22.7 Å². The van der Waals surface area contributed by atoms with Gasteiger partial charge in [-0.3, -0.25) is 4.79 Å². The Balaban J connectivity index is 1.95. The second-order valence-corrected chi connectivity index (χ2v) is 4.89. The number of nitrogen functional groups attached to an aromatic ring is 1. The summed E-state index contributed by atoms with van der Waals surface area (Å²) >= 11 is 0. The number of carbonyl (C=O) groups excluding carboxylic acids is 1. The van der Waals surface area contributed by atoms with E-state index in [-0.39, 0.29) is 5.91 Å². The summed E-state index contributed by atoms with van der Waals surface area (Å²) in [7, 11) is 0. The Morgan fingerprint density at radius 3 is 2.60 bits per heavy atom. The molecule has 102 valence electrons. The van der Waals surface area contributed by atoms with Crippen molar-refractivity contribution in [1.82, 2.24) is 0 Å². The molecule has 1 heterocycles. The zero-order valence-electron chi connectivity index (χ0n) is 11.2. The summed E-state index contributed by atoms with van der Waals surface area (Å²) < 4.78 is 5.62. The molecule has 20 heavy (non-hydrogen) atoms. The minimum Gasteiger partial charge on any atom is -0.479 e. The predicted molar refractivity (Wildman–Crippen MR) is 78.6 cm³/mol. The van der Waals surface area contributed by atoms with Crippen molar-refractivity contribution < 1.29 is 9.53 Å². The van der Waals surface area contributed by atoms with Crippen LogP contribution in [0.3, 0.4) is 0 Å². The number of rotatable bonds is 2. The highest BCUT2D eigenvalue weighted by molar-refractivity contribution is 5.99. The van der Waals surface area contributed by atoms with Crippen molar-refractivity contribution in [2.24, 2.45) is 0 Å². The predicted octanol–water partition coefficient (Wildman–Crippen LogP) is 2.58. The van der Waals surface area contributed by atoms with E-state index < -0.39 is 6.10 Å². The number of hydrogen-bond donors (Lipinski definition) is 1. The van der Waals surface area contributed by atoms with Gasteiger partial charge in [-0.25, -0.2) is 0 Å².